The molecule has 1 saturated carbocycles. The van der Waals surface area contributed by atoms with Crippen LogP contribution in [0.1, 0.15) is 39.2 Å². The molecule has 1 aliphatic carbocycles. The number of nitrogens with zero attached hydrogens (tertiary/aromatic N) is 1. The minimum absolute atomic E-state index is 0.0666. The fraction of sp³-hybridized carbons (Fsp3) is 0.550. The maximum absolute atomic E-state index is 10.5. The molecule has 0 amide bonds. The Balaban J connectivity index is 0.000000197. The van der Waals surface area contributed by atoms with Crippen LogP contribution in [0, 0.1) is 24.7 Å². The molecule has 0 bridgehead atoms. The van der Waals surface area contributed by atoms with Gasteiger partial charge in [-0.3, -0.25) is 4.55 Å². The summed E-state index contributed by atoms with van der Waals surface area (Å²) < 4.78 is 32.0. The minimum Gasteiger partial charge on any atom is -0.401 e. The Morgan fingerprint density at radius 2 is 1.69 bits per heavy atom. The van der Waals surface area contributed by atoms with Crippen molar-refractivity contribution in [2.45, 2.75) is 45.4 Å². The molecule has 1 aromatic carbocycles. The van der Waals surface area contributed by atoms with E-state index < -0.39 is 10.1 Å². The Kier molecular flexibility index (Phi) is 6.29. The van der Waals surface area contributed by atoms with Gasteiger partial charge in [0.05, 0.1) is 10.8 Å². The number of hydrogen-bond donors (Lipinski definition) is 2. The van der Waals surface area contributed by atoms with Crippen molar-refractivity contribution in [1.29, 1.82) is 0 Å². The molecule has 2 aliphatic rings. The molecule has 0 spiro atoms. The fourth-order valence-corrected chi connectivity index (χ4v) is 4.42. The third-order valence-corrected chi connectivity index (χ3v) is 6.14. The molecule has 6 heteroatoms. The second-order valence-corrected chi connectivity index (χ2v) is 9.25. The van der Waals surface area contributed by atoms with Crippen molar-refractivity contribution in [3.63, 3.8) is 0 Å². The highest BCUT2D eigenvalue weighted by Gasteiger charge is 2.37. The van der Waals surface area contributed by atoms with Gasteiger partial charge in [-0.25, -0.2) is 4.58 Å². The third-order valence-electron chi connectivity index (χ3n) is 5.27. The van der Waals surface area contributed by atoms with Crippen LogP contribution in [-0.2, 0) is 10.1 Å². The number of fused-ring (bicyclic) bond motifs is 1. The van der Waals surface area contributed by atoms with Crippen LogP contribution in [0.3, 0.4) is 0 Å². The zero-order valence-corrected chi connectivity index (χ0v) is 17.2. The summed E-state index contributed by atoms with van der Waals surface area (Å²) in [5.74, 6) is 1.97. The molecule has 1 heterocycles. The standard InChI is InChI=1S/C13H22N2.C7H8O3S/c1-8-5-9(2)12-11(6-8)15(4)7-10(3)13(12)14;1-6-2-4-7(5-3-6)11(8,9)10/h8-10,14H,5-7H2,1-4H3;2-5H,1H3,(H,8,9,10)/p+1. The second-order valence-electron chi connectivity index (χ2n) is 7.83. The summed E-state index contributed by atoms with van der Waals surface area (Å²) in [4.78, 5) is -0.0666. The zero-order valence-electron chi connectivity index (χ0n) is 16.4. The van der Waals surface area contributed by atoms with Crippen LogP contribution in [-0.4, -0.2) is 36.9 Å². The molecule has 5 nitrogen and oxygen atoms in total. The largest absolute Gasteiger partial charge is 0.401 e. The van der Waals surface area contributed by atoms with Crippen LogP contribution in [0.5, 0.6) is 0 Å². The molecule has 0 saturated heterocycles. The van der Waals surface area contributed by atoms with Gasteiger partial charge < -0.3 is 5.73 Å². The predicted molar refractivity (Wildman–Crippen MR) is 105 cm³/mol. The number of nitrogens with two attached hydrogens (primary N) is 1. The van der Waals surface area contributed by atoms with Crippen LogP contribution in [0.25, 0.3) is 0 Å². The van der Waals surface area contributed by atoms with E-state index in [1.807, 2.05) is 6.92 Å². The smallest absolute Gasteiger partial charge is 0.294 e. The van der Waals surface area contributed by atoms with Gasteiger partial charge in [-0.15, -0.1) is 0 Å². The third kappa shape index (κ3) is 4.74. The first kappa shape index (κ1) is 20.6. The van der Waals surface area contributed by atoms with Crippen LogP contribution >= 0.6 is 0 Å². The quantitative estimate of drug-likeness (QED) is 0.580. The molecular weight excluding hydrogens is 348 g/mol. The number of hydrogen-bond acceptors (Lipinski definition) is 3. The molecule has 3 atom stereocenters. The van der Waals surface area contributed by atoms with E-state index in [9.17, 15) is 8.42 Å². The van der Waals surface area contributed by atoms with Gasteiger partial charge in [0.15, 0.2) is 12.3 Å². The lowest BCUT2D eigenvalue weighted by Gasteiger charge is -2.32. The van der Waals surface area contributed by atoms with Crippen molar-refractivity contribution < 1.29 is 17.5 Å². The highest BCUT2D eigenvalue weighted by molar-refractivity contribution is 7.85. The van der Waals surface area contributed by atoms with Crippen LogP contribution in [0.4, 0.5) is 0 Å². The molecule has 1 aliphatic heterocycles. The molecule has 0 aromatic heterocycles. The van der Waals surface area contributed by atoms with Crippen molar-refractivity contribution in [2.24, 2.45) is 23.5 Å². The second kappa shape index (κ2) is 7.92. The number of rotatable bonds is 1. The van der Waals surface area contributed by atoms with E-state index in [0.717, 1.165) is 23.7 Å². The first-order valence-corrected chi connectivity index (χ1v) is 10.6. The highest BCUT2D eigenvalue weighted by Crippen LogP contribution is 2.35. The predicted octanol–water partition coefficient (Wildman–Crippen LogP) is 3.24. The normalized spacial score (nSPS) is 26.2. The summed E-state index contributed by atoms with van der Waals surface area (Å²) in [6.45, 7) is 9.84. The van der Waals surface area contributed by atoms with Crippen LogP contribution < -0.4 is 5.73 Å². The maximum atomic E-state index is 10.5. The van der Waals surface area contributed by atoms with Gasteiger partial charge in [0.25, 0.3) is 10.1 Å². The van der Waals surface area contributed by atoms with Gasteiger partial charge in [0, 0.05) is 17.7 Å². The molecule has 26 heavy (non-hydrogen) atoms. The van der Waals surface area contributed by atoms with Gasteiger partial charge in [0.2, 0.25) is 0 Å². The molecule has 3 unspecified atom stereocenters. The Morgan fingerprint density at radius 3 is 2.23 bits per heavy atom. The molecule has 1 aromatic rings. The molecular formula is C20H31N2O3S+. The fourth-order valence-electron chi connectivity index (χ4n) is 3.94. The summed E-state index contributed by atoms with van der Waals surface area (Å²) in [7, 11) is -1.81. The molecule has 0 radical (unpaired) electrons. The summed E-state index contributed by atoms with van der Waals surface area (Å²) in [5.41, 5.74) is 11.4. The van der Waals surface area contributed by atoms with Gasteiger partial charge >= 0.3 is 0 Å². The lowest BCUT2D eigenvalue weighted by atomic mass is 9.74. The van der Waals surface area contributed by atoms with Gasteiger partial charge in [-0.05, 0) is 37.3 Å². The van der Waals surface area contributed by atoms with Crippen molar-refractivity contribution in [3.05, 3.63) is 41.1 Å². The maximum Gasteiger partial charge on any atom is 0.294 e. The van der Waals surface area contributed by atoms with Crippen molar-refractivity contribution in [3.8, 4) is 0 Å². The Bertz CT molecular complexity index is 823. The first-order chi connectivity index (χ1) is 12.0. The number of aryl methyl sites for hydroxylation is 1. The molecule has 3 rings (SSSR count). The summed E-state index contributed by atoms with van der Waals surface area (Å²) in [6.07, 6.45) is 2.50. The first-order valence-electron chi connectivity index (χ1n) is 9.11. The lowest BCUT2D eigenvalue weighted by Crippen LogP contribution is -2.39. The van der Waals surface area contributed by atoms with Gasteiger partial charge in [0.1, 0.15) is 7.05 Å². The van der Waals surface area contributed by atoms with E-state index in [-0.39, 0.29) is 4.90 Å². The molecule has 1 fully saturated rings. The van der Waals surface area contributed by atoms with Gasteiger partial charge in [-0.2, -0.15) is 8.42 Å². The Labute approximate surface area is 157 Å². The SMILES string of the molecule is CC1CC2=[N+](C)CC(C)C(N)=C2C(C)C1.Cc1ccc(S(=O)(=O)O)cc1. The summed E-state index contributed by atoms with van der Waals surface area (Å²) >= 11 is 0. The Morgan fingerprint density at radius 1 is 1.12 bits per heavy atom. The topological polar surface area (TPSA) is 83.4 Å². The van der Waals surface area contributed by atoms with E-state index in [2.05, 4.69) is 32.4 Å². The van der Waals surface area contributed by atoms with Crippen molar-refractivity contribution in [2.75, 3.05) is 13.6 Å². The Hall–Kier alpha value is -1.66. The van der Waals surface area contributed by atoms with E-state index in [1.54, 1.807) is 12.1 Å². The van der Waals surface area contributed by atoms with Crippen LogP contribution in [0.2, 0.25) is 0 Å². The average molecular weight is 380 g/mol. The van der Waals surface area contributed by atoms with Gasteiger partial charge in [-0.1, -0.05) is 38.5 Å². The highest BCUT2D eigenvalue weighted by atomic mass is 32.2. The molecule has 3 N–H and O–H groups in total. The van der Waals surface area contributed by atoms with E-state index >= 15 is 0 Å². The van der Waals surface area contributed by atoms with E-state index in [1.165, 1.54) is 36.3 Å². The summed E-state index contributed by atoms with van der Waals surface area (Å²) in [6, 6.07) is 5.99. The minimum atomic E-state index is -4.02. The number of allylic oxidation sites excluding steroid dienone is 1. The average Bonchev–Trinajstić information content (AvgIpc) is 2.52. The summed E-state index contributed by atoms with van der Waals surface area (Å²) in [5, 5.41) is 0. The van der Waals surface area contributed by atoms with E-state index in [4.69, 9.17) is 10.3 Å². The van der Waals surface area contributed by atoms with E-state index in [0.29, 0.717) is 11.8 Å². The van der Waals surface area contributed by atoms with Crippen LogP contribution in [0.15, 0.2) is 40.4 Å². The van der Waals surface area contributed by atoms with Crippen molar-refractivity contribution >= 4 is 15.8 Å². The lowest BCUT2D eigenvalue weighted by molar-refractivity contribution is -0.506. The molecule has 144 valence electrons. The monoisotopic (exact) mass is 379 g/mol. The zero-order chi connectivity index (χ0) is 19.6. The van der Waals surface area contributed by atoms with Crippen molar-refractivity contribution in [1.82, 2.24) is 0 Å². The number of benzene rings is 1.